The zero-order valence-corrected chi connectivity index (χ0v) is 19.1. The van der Waals surface area contributed by atoms with Crippen LogP contribution in [0.1, 0.15) is 18.2 Å². The number of aromatic nitrogens is 2. The molecule has 7 nitrogen and oxygen atoms in total. The van der Waals surface area contributed by atoms with E-state index >= 15 is 0 Å². The first-order valence-corrected chi connectivity index (χ1v) is 12.0. The van der Waals surface area contributed by atoms with Gasteiger partial charge in [0.15, 0.2) is 0 Å². The number of hydrogen-bond donors (Lipinski definition) is 2. The van der Waals surface area contributed by atoms with Crippen molar-refractivity contribution in [3.8, 4) is 11.1 Å². The van der Waals surface area contributed by atoms with Crippen LogP contribution in [0.25, 0.3) is 11.1 Å². The van der Waals surface area contributed by atoms with E-state index < -0.39 is 15.8 Å². The Morgan fingerprint density at radius 3 is 2.52 bits per heavy atom. The van der Waals surface area contributed by atoms with Gasteiger partial charge in [0.05, 0.1) is 0 Å². The van der Waals surface area contributed by atoms with Crippen LogP contribution in [0.4, 0.5) is 17.5 Å². The molecular formula is C19H18AsCl2N5O2. The van der Waals surface area contributed by atoms with Gasteiger partial charge in [0.2, 0.25) is 0 Å². The third-order valence-electron chi connectivity index (χ3n) is 4.31. The van der Waals surface area contributed by atoms with E-state index in [0.717, 1.165) is 9.91 Å². The molecule has 0 saturated heterocycles. The van der Waals surface area contributed by atoms with Crippen molar-refractivity contribution in [3.05, 3.63) is 67.8 Å². The van der Waals surface area contributed by atoms with Gasteiger partial charge in [0, 0.05) is 0 Å². The molecule has 2 aromatic carbocycles. The Balaban J connectivity index is 1.96. The minimum absolute atomic E-state index is 0.0702. The molecule has 3 rings (SSSR count). The van der Waals surface area contributed by atoms with Crippen LogP contribution in [0.2, 0.25) is 10.0 Å². The molecule has 1 aromatic heterocycles. The fraction of sp³-hybridized carbons (Fsp3) is 0.158. The molecule has 1 atom stereocenters. The number of nitrogens with zero attached hydrogens (tertiary/aromatic N) is 3. The standard InChI is InChI=1S/C19H18AsCl2N5O2/c1-2-15-17(18(23)26-19(24)25-15)11-4-5-12(16(8-11)27(28)29)20-9-10-3-6-13(21)14(22)7-10/h3-8,20H,2,9H2,1H3,(H4,23,24,25,26). The molecule has 0 saturated carbocycles. The Kier molecular flexibility index (Phi) is 6.62. The van der Waals surface area contributed by atoms with E-state index in [9.17, 15) is 10.1 Å². The molecule has 3 aromatic rings. The van der Waals surface area contributed by atoms with Gasteiger partial charge in [-0.1, -0.05) is 0 Å². The van der Waals surface area contributed by atoms with Gasteiger partial charge >= 0.3 is 185 Å². The van der Waals surface area contributed by atoms with Crippen LogP contribution >= 0.6 is 23.2 Å². The van der Waals surface area contributed by atoms with Gasteiger partial charge in [-0.15, -0.1) is 0 Å². The van der Waals surface area contributed by atoms with Crippen molar-refractivity contribution in [3.63, 3.8) is 0 Å². The van der Waals surface area contributed by atoms with Crippen LogP contribution in [0.3, 0.4) is 0 Å². The Labute approximate surface area is 184 Å². The van der Waals surface area contributed by atoms with Crippen LogP contribution < -0.4 is 15.8 Å². The minimum atomic E-state index is -0.819. The third-order valence-corrected chi connectivity index (χ3v) is 7.97. The summed E-state index contributed by atoms with van der Waals surface area (Å²) < 4.78 is 0.734. The number of halogens is 2. The van der Waals surface area contributed by atoms with Gasteiger partial charge in [0.25, 0.3) is 0 Å². The molecule has 150 valence electrons. The molecule has 4 N–H and O–H groups in total. The second-order valence-electron chi connectivity index (χ2n) is 6.23. The Bertz CT molecular complexity index is 1090. The SMILES string of the molecule is CCc1nc(N)nc(N)c1-c1ccc([AsH]Cc2ccc(Cl)c(Cl)c2)c([N+](=O)[O-])c1. The van der Waals surface area contributed by atoms with Crippen LogP contribution in [-0.2, 0) is 11.6 Å². The average Bonchev–Trinajstić information content (AvgIpc) is 2.68. The second-order valence-corrected chi connectivity index (χ2v) is 9.66. The van der Waals surface area contributed by atoms with E-state index in [1.807, 2.05) is 19.1 Å². The van der Waals surface area contributed by atoms with Crippen molar-refractivity contribution in [2.45, 2.75) is 18.6 Å². The number of nitro groups is 1. The molecule has 0 aliphatic rings. The fourth-order valence-corrected chi connectivity index (χ4v) is 5.71. The molecular weight excluding hydrogens is 476 g/mol. The van der Waals surface area contributed by atoms with Gasteiger partial charge in [-0.2, -0.15) is 0 Å². The Morgan fingerprint density at radius 1 is 1.10 bits per heavy atom. The summed E-state index contributed by atoms with van der Waals surface area (Å²) >= 11 is 11.2. The molecule has 0 radical (unpaired) electrons. The van der Waals surface area contributed by atoms with Gasteiger partial charge in [0.1, 0.15) is 0 Å². The quantitative estimate of drug-likeness (QED) is 0.308. The van der Waals surface area contributed by atoms with E-state index in [1.54, 1.807) is 18.2 Å². The van der Waals surface area contributed by atoms with Crippen molar-refractivity contribution in [2.24, 2.45) is 0 Å². The summed E-state index contributed by atoms with van der Waals surface area (Å²) in [5.41, 5.74) is 14.6. The number of anilines is 2. The zero-order valence-electron chi connectivity index (χ0n) is 15.4. The van der Waals surface area contributed by atoms with Crippen molar-refractivity contribution in [1.82, 2.24) is 9.97 Å². The van der Waals surface area contributed by atoms with E-state index in [-0.39, 0.29) is 22.4 Å². The first kappa shape index (κ1) is 21.4. The average molecular weight is 494 g/mol. The number of nitro benzene ring substituents is 1. The first-order valence-electron chi connectivity index (χ1n) is 8.68. The molecule has 0 aliphatic heterocycles. The number of benzene rings is 2. The summed E-state index contributed by atoms with van der Waals surface area (Å²) in [6.07, 6.45) is 0.576. The number of nitrogens with two attached hydrogens (primary N) is 2. The molecule has 29 heavy (non-hydrogen) atoms. The molecule has 0 fully saturated rings. The number of nitrogen functional groups attached to an aromatic ring is 2. The summed E-state index contributed by atoms with van der Waals surface area (Å²) in [6, 6.07) is 10.6. The Morgan fingerprint density at radius 2 is 1.86 bits per heavy atom. The third kappa shape index (κ3) is 4.81. The molecule has 10 heteroatoms. The topological polar surface area (TPSA) is 121 Å². The normalized spacial score (nSPS) is 11.3. The van der Waals surface area contributed by atoms with Crippen LogP contribution in [0.15, 0.2) is 36.4 Å². The maximum atomic E-state index is 11.7. The summed E-state index contributed by atoms with van der Waals surface area (Å²) in [6.45, 7) is 1.91. The van der Waals surface area contributed by atoms with Gasteiger partial charge in [-0.25, -0.2) is 0 Å². The summed E-state index contributed by atoms with van der Waals surface area (Å²) in [5, 5.41) is 13.4. The first-order chi connectivity index (χ1) is 13.8. The molecule has 1 heterocycles. The van der Waals surface area contributed by atoms with E-state index in [0.29, 0.717) is 38.5 Å². The fourth-order valence-electron chi connectivity index (χ4n) is 2.95. The van der Waals surface area contributed by atoms with Crippen molar-refractivity contribution >= 4 is 60.8 Å². The predicted molar refractivity (Wildman–Crippen MR) is 119 cm³/mol. The maximum absolute atomic E-state index is 11.7. The number of aryl methyl sites for hydroxylation is 1. The zero-order chi connectivity index (χ0) is 21.1. The monoisotopic (exact) mass is 493 g/mol. The summed E-state index contributed by atoms with van der Waals surface area (Å²) in [7, 11) is 0. The molecule has 0 bridgehead atoms. The Hall–Kier alpha value is -2.34. The molecule has 0 amide bonds. The van der Waals surface area contributed by atoms with Crippen LogP contribution in [-0.4, -0.2) is 30.6 Å². The van der Waals surface area contributed by atoms with Crippen LogP contribution in [0.5, 0.6) is 0 Å². The summed E-state index contributed by atoms with van der Waals surface area (Å²) in [5.74, 6) is 0.297. The van der Waals surface area contributed by atoms with Crippen molar-refractivity contribution in [2.75, 3.05) is 11.5 Å². The van der Waals surface area contributed by atoms with Gasteiger partial charge in [-0.05, 0) is 0 Å². The number of rotatable bonds is 6. The van der Waals surface area contributed by atoms with Gasteiger partial charge in [-0.3, -0.25) is 0 Å². The predicted octanol–water partition coefficient (Wildman–Crippen LogP) is 3.35. The van der Waals surface area contributed by atoms with E-state index in [4.69, 9.17) is 34.7 Å². The van der Waals surface area contributed by atoms with E-state index in [2.05, 4.69) is 9.97 Å². The molecule has 0 aliphatic carbocycles. The van der Waals surface area contributed by atoms with Crippen molar-refractivity contribution in [1.29, 1.82) is 0 Å². The second kappa shape index (κ2) is 8.99. The van der Waals surface area contributed by atoms with Gasteiger partial charge < -0.3 is 0 Å². The summed E-state index contributed by atoms with van der Waals surface area (Å²) in [4.78, 5) is 19.6. The van der Waals surface area contributed by atoms with E-state index in [1.165, 1.54) is 6.07 Å². The van der Waals surface area contributed by atoms with Crippen molar-refractivity contribution < 1.29 is 4.92 Å². The number of hydrogen-bond acceptors (Lipinski definition) is 6. The molecule has 1 unspecified atom stereocenters. The van der Waals surface area contributed by atoms with Crippen LogP contribution in [0, 0.1) is 10.1 Å². The molecule has 0 spiro atoms.